The van der Waals surface area contributed by atoms with Crippen molar-refractivity contribution in [2.45, 2.75) is 13.8 Å². The maximum atomic E-state index is 12.4. The number of hydrogen-bond donors (Lipinski definition) is 2. The van der Waals surface area contributed by atoms with Gasteiger partial charge in [0.05, 0.1) is 17.1 Å². The number of aryl methyl sites for hydroxylation is 1. The van der Waals surface area contributed by atoms with Crippen LogP contribution < -0.4 is 15.4 Å². The average Bonchev–Trinajstić information content (AvgIpc) is 2.57. The van der Waals surface area contributed by atoms with Crippen LogP contribution in [0.1, 0.15) is 22.8 Å². The fourth-order valence-corrected chi connectivity index (χ4v) is 2.32. The molecule has 7 nitrogen and oxygen atoms in total. The lowest BCUT2D eigenvalue weighted by Gasteiger charge is -2.13. The number of nitro groups is 1. The van der Waals surface area contributed by atoms with Crippen molar-refractivity contribution in [2.75, 3.05) is 11.9 Å². The molecule has 0 atom stereocenters. The number of carbonyl (C=O) groups excluding carboxylic acids is 1. The molecule has 130 valence electrons. The van der Waals surface area contributed by atoms with Gasteiger partial charge in [0.15, 0.2) is 5.11 Å². The molecule has 0 fully saturated rings. The topological polar surface area (TPSA) is 93.5 Å². The molecule has 0 aliphatic heterocycles. The lowest BCUT2D eigenvalue weighted by atomic mass is 10.2. The minimum Gasteiger partial charge on any atom is -0.493 e. The third kappa shape index (κ3) is 4.74. The monoisotopic (exact) mass is 359 g/mol. The number of ether oxygens (including phenoxy) is 1. The van der Waals surface area contributed by atoms with Gasteiger partial charge in [0, 0.05) is 17.8 Å². The number of anilines is 1. The number of non-ortho nitro benzene ring substituents is 1. The number of nitro benzene ring substituents is 1. The van der Waals surface area contributed by atoms with E-state index in [1.54, 1.807) is 37.3 Å². The van der Waals surface area contributed by atoms with Gasteiger partial charge >= 0.3 is 0 Å². The van der Waals surface area contributed by atoms with Gasteiger partial charge in [0.25, 0.3) is 11.6 Å². The quantitative estimate of drug-likeness (QED) is 0.483. The Morgan fingerprint density at radius 1 is 1.28 bits per heavy atom. The molecule has 0 aliphatic rings. The van der Waals surface area contributed by atoms with Crippen molar-refractivity contribution >= 4 is 34.6 Å². The molecule has 0 radical (unpaired) electrons. The summed E-state index contributed by atoms with van der Waals surface area (Å²) < 4.78 is 5.42. The van der Waals surface area contributed by atoms with E-state index in [1.807, 2.05) is 6.92 Å². The summed E-state index contributed by atoms with van der Waals surface area (Å²) in [6, 6.07) is 11.2. The highest BCUT2D eigenvalue weighted by atomic mass is 32.1. The number of hydrogen-bond acceptors (Lipinski definition) is 5. The van der Waals surface area contributed by atoms with Crippen molar-refractivity contribution in [1.82, 2.24) is 5.32 Å². The molecule has 0 saturated carbocycles. The smallest absolute Gasteiger partial charge is 0.271 e. The van der Waals surface area contributed by atoms with Crippen LogP contribution in [0.2, 0.25) is 0 Å². The van der Waals surface area contributed by atoms with E-state index in [0.717, 1.165) is 5.56 Å². The first-order valence-electron chi connectivity index (χ1n) is 7.51. The van der Waals surface area contributed by atoms with Gasteiger partial charge in [-0.05, 0) is 43.8 Å². The van der Waals surface area contributed by atoms with E-state index in [2.05, 4.69) is 10.6 Å². The number of benzene rings is 2. The first-order chi connectivity index (χ1) is 11.9. The maximum Gasteiger partial charge on any atom is 0.271 e. The summed E-state index contributed by atoms with van der Waals surface area (Å²) in [5, 5.41) is 16.3. The number of rotatable bonds is 5. The highest BCUT2D eigenvalue weighted by Crippen LogP contribution is 2.22. The molecule has 2 N–H and O–H groups in total. The zero-order chi connectivity index (χ0) is 18.4. The van der Waals surface area contributed by atoms with Crippen LogP contribution in [0, 0.1) is 17.0 Å². The zero-order valence-electron chi connectivity index (χ0n) is 13.7. The minimum absolute atomic E-state index is 0.0416. The standard InChI is InChI=1S/C17H17N3O4S/c1-3-24-15-7-5-4-6-13(15)16(21)19-17(25)18-14-10-12(20(22)23)9-8-11(14)2/h4-10H,3H2,1-2H3,(H2,18,19,21,25). The maximum absolute atomic E-state index is 12.4. The predicted molar refractivity (Wildman–Crippen MR) is 99.1 cm³/mol. The first kappa shape index (κ1) is 18.3. The van der Waals surface area contributed by atoms with Crippen LogP contribution in [0.5, 0.6) is 5.75 Å². The molecule has 1 amide bonds. The molecule has 2 aromatic rings. The third-order valence-electron chi connectivity index (χ3n) is 3.34. The third-order valence-corrected chi connectivity index (χ3v) is 3.54. The highest BCUT2D eigenvalue weighted by molar-refractivity contribution is 7.80. The van der Waals surface area contributed by atoms with Gasteiger partial charge in [-0.15, -0.1) is 0 Å². The molecule has 0 aromatic heterocycles. The Morgan fingerprint density at radius 2 is 2.00 bits per heavy atom. The van der Waals surface area contributed by atoms with E-state index in [0.29, 0.717) is 23.6 Å². The normalized spacial score (nSPS) is 10.0. The van der Waals surface area contributed by atoms with Crippen molar-refractivity contribution in [3.63, 3.8) is 0 Å². The molecule has 2 aromatic carbocycles. The van der Waals surface area contributed by atoms with Crippen molar-refractivity contribution in [3.8, 4) is 5.75 Å². The molecule has 0 spiro atoms. The Hall–Kier alpha value is -3.00. The Balaban J connectivity index is 2.12. The van der Waals surface area contributed by atoms with Crippen molar-refractivity contribution in [1.29, 1.82) is 0 Å². The molecule has 0 aliphatic carbocycles. The SMILES string of the molecule is CCOc1ccccc1C(=O)NC(=S)Nc1cc([N+](=O)[O-])ccc1C. The number of amides is 1. The van der Waals surface area contributed by atoms with Gasteiger partial charge in [-0.2, -0.15) is 0 Å². The van der Waals surface area contributed by atoms with E-state index < -0.39 is 10.8 Å². The number of para-hydroxylation sites is 1. The fourth-order valence-electron chi connectivity index (χ4n) is 2.12. The van der Waals surface area contributed by atoms with Crippen LogP contribution in [0.25, 0.3) is 0 Å². The van der Waals surface area contributed by atoms with E-state index in [9.17, 15) is 14.9 Å². The molecule has 0 saturated heterocycles. The van der Waals surface area contributed by atoms with E-state index in [1.165, 1.54) is 12.1 Å². The number of nitrogens with zero attached hydrogens (tertiary/aromatic N) is 1. The molecule has 0 unspecified atom stereocenters. The summed E-state index contributed by atoms with van der Waals surface area (Å²) in [7, 11) is 0. The lowest BCUT2D eigenvalue weighted by Crippen LogP contribution is -2.34. The van der Waals surface area contributed by atoms with E-state index in [4.69, 9.17) is 17.0 Å². The van der Waals surface area contributed by atoms with Crippen LogP contribution >= 0.6 is 12.2 Å². The molecule has 8 heteroatoms. The van der Waals surface area contributed by atoms with E-state index >= 15 is 0 Å². The van der Waals surface area contributed by atoms with Gasteiger partial charge < -0.3 is 10.1 Å². The van der Waals surface area contributed by atoms with Crippen molar-refractivity contribution < 1.29 is 14.5 Å². The van der Waals surface area contributed by atoms with Crippen LogP contribution in [-0.2, 0) is 0 Å². The van der Waals surface area contributed by atoms with Crippen LogP contribution in [0.3, 0.4) is 0 Å². The summed E-state index contributed by atoms with van der Waals surface area (Å²) in [4.78, 5) is 22.8. The Kier molecular flexibility index (Phi) is 6.02. The second-order valence-electron chi connectivity index (χ2n) is 5.09. The fraction of sp³-hybridized carbons (Fsp3) is 0.176. The van der Waals surface area contributed by atoms with Gasteiger partial charge in [-0.3, -0.25) is 20.2 Å². The second-order valence-corrected chi connectivity index (χ2v) is 5.50. The summed E-state index contributed by atoms with van der Waals surface area (Å²) in [5.74, 6) is 0.0291. The molecule has 2 rings (SSSR count). The van der Waals surface area contributed by atoms with Crippen molar-refractivity contribution in [2.24, 2.45) is 0 Å². The van der Waals surface area contributed by atoms with Crippen LogP contribution in [0.15, 0.2) is 42.5 Å². The summed E-state index contributed by atoms with van der Waals surface area (Å²) in [5.41, 5.74) is 1.50. The van der Waals surface area contributed by atoms with Gasteiger partial charge in [-0.1, -0.05) is 18.2 Å². The number of nitrogens with one attached hydrogen (secondary N) is 2. The van der Waals surface area contributed by atoms with Gasteiger partial charge in [0.1, 0.15) is 5.75 Å². The first-order valence-corrected chi connectivity index (χ1v) is 7.92. The van der Waals surface area contributed by atoms with E-state index in [-0.39, 0.29) is 10.8 Å². The molecular formula is C17H17N3O4S. The zero-order valence-corrected chi connectivity index (χ0v) is 14.6. The molecule has 0 heterocycles. The minimum atomic E-state index is -0.495. The van der Waals surface area contributed by atoms with Crippen molar-refractivity contribution in [3.05, 3.63) is 63.7 Å². The largest absolute Gasteiger partial charge is 0.493 e. The summed E-state index contributed by atoms with van der Waals surface area (Å²) >= 11 is 5.14. The number of thiocarbonyl (C=S) groups is 1. The van der Waals surface area contributed by atoms with Crippen LogP contribution in [-0.4, -0.2) is 22.5 Å². The summed E-state index contributed by atoms with van der Waals surface area (Å²) in [6.45, 7) is 4.03. The number of carbonyl (C=O) groups is 1. The van der Waals surface area contributed by atoms with Crippen LogP contribution in [0.4, 0.5) is 11.4 Å². The Morgan fingerprint density at radius 3 is 2.68 bits per heavy atom. The molecule has 0 bridgehead atoms. The van der Waals surface area contributed by atoms with Gasteiger partial charge in [-0.25, -0.2) is 0 Å². The predicted octanol–water partition coefficient (Wildman–Crippen LogP) is 3.43. The molecular weight excluding hydrogens is 342 g/mol. The average molecular weight is 359 g/mol. The lowest BCUT2D eigenvalue weighted by molar-refractivity contribution is -0.384. The Bertz CT molecular complexity index is 823. The second kappa shape index (κ2) is 8.20. The Labute approximate surface area is 150 Å². The summed E-state index contributed by atoms with van der Waals surface area (Å²) in [6.07, 6.45) is 0. The molecule has 25 heavy (non-hydrogen) atoms. The van der Waals surface area contributed by atoms with Gasteiger partial charge in [0.2, 0.25) is 0 Å². The highest BCUT2D eigenvalue weighted by Gasteiger charge is 2.15.